The molecule has 5 nitrogen and oxygen atoms in total. The van der Waals surface area contributed by atoms with Crippen molar-refractivity contribution in [1.29, 1.82) is 0 Å². The Bertz CT molecular complexity index is 761. The number of aliphatic carboxylic acids is 1. The van der Waals surface area contributed by atoms with Crippen LogP contribution < -0.4 is 5.32 Å². The SMILES string of the molecule is CC(C)C(C)(CC(=O)O)NC(=O)c1cc(F)cc2cccnc12. The largest absolute Gasteiger partial charge is 0.481 e. The van der Waals surface area contributed by atoms with Crippen molar-refractivity contribution in [2.45, 2.75) is 32.7 Å². The zero-order valence-corrected chi connectivity index (χ0v) is 13.3. The Labute approximate surface area is 133 Å². The number of carboxylic acids is 1. The lowest BCUT2D eigenvalue weighted by atomic mass is 9.85. The Balaban J connectivity index is 2.42. The number of benzene rings is 1. The first kappa shape index (κ1) is 16.9. The monoisotopic (exact) mass is 318 g/mol. The van der Waals surface area contributed by atoms with Crippen molar-refractivity contribution in [2.75, 3.05) is 0 Å². The molecule has 1 aromatic carbocycles. The molecule has 6 heteroatoms. The molecule has 0 fully saturated rings. The molecule has 2 N–H and O–H groups in total. The number of hydrogen-bond donors (Lipinski definition) is 2. The number of nitrogens with one attached hydrogen (secondary N) is 1. The first-order chi connectivity index (χ1) is 10.7. The van der Waals surface area contributed by atoms with Gasteiger partial charge in [-0.25, -0.2) is 4.39 Å². The topological polar surface area (TPSA) is 79.3 Å². The van der Waals surface area contributed by atoms with Crippen molar-refractivity contribution < 1.29 is 19.1 Å². The lowest BCUT2D eigenvalue weighted by Gasteiger charge is -2.33. The van der Waals surface area contributed by atoms with Crippen molar-refractivity contribution in [1.82, 2.24) is 10.3 Å². The summed E-state index contributed by atoms with van der Waals surface area (Å²) in [5, 5.41) is 12.3. The van der Waals surface area contributed by atoms with Gasteiger partial charge in [-0.15, -0.1) is 0 Å². The summed E-state index contributed by atoms with van der Waals surface area (Å²) in [5.74, 6) is -2.20. The number of rotatable bonds is 5. The van der Waals surface area contributed by atoms with Crippen LogP contribution in [0.5, 0.6) is 0 Å². The maximum absolute atomic E-state index is 13.8. The highest BCUT2D eigenvalue weighted by Gasteiger charge is 2.33. The number of carboxylic acid groups (broad SMARTS) is 1. The van der Waals surface area contributed by atoms with Gasteiger partial charge in [0.05, 0.1) is 23.0 Å². The second-order valence-corrected chi connectivity index (χ2v) is 6.13. The van der Waals surface area contributed by atoms with E-state index >= 15 is 0 Å². The number of carbonyl (C=O) groups is 2. The smallest absolute Gasteiger partial charge is 0.305 e. The summed E-state index contributed by atoms with van der Waals surface area (Å²) in [5.41, 5.74) is -0.471. The molecule has 23 heavy (non-hydrogen) atoms. The first-order valence-corrected chi connectivity index (χ1v) is 7.31. The van der Waals surface area contributed by atoms with Crippen LogP contribution in [0.15, 0.2) is 30.5 Å². The van der Waals surface area contributed by atoms with Gasteiger partial charge in [-0.2, -0.15) is 0 Å². The van der Waals surface area contributed by atoms with E-state index in [2.05, 4.69) is 10.3 Å². The molecule has 1 heterocycles. The van der Waals surface area contributed by atoms with Crippen molar-refractivity contribution in [3.8, 4) is 0 Å². The van der Waals surface area contributed by atoms with Gasteiger partial charge in [-0.05, 0) is 31.0 Å². The minimum Gasteiger partial charge on any atom is -0.481 e. The van der Waals surface area contributed by atoms with Gasteiger partial charge in [-0.3, -0.25) is 14.6 Å². The fraction of sp³-hybridized carbons (Fsp3) is 0.353. The van der Waals surface area contributed by atoms with E-state index in [-0.39, 0.29) is 17.9 Å². The Kier molecular flexibility index (Phi) is 4.63. The van der Waals surface area contributed by atoms with E-state index in [0.717, 1.165) is 6.07 Å². The van der Waals surface area contributed by atoms with E-state index in [9.17, 15) is 14.0 Å². The highest BCUT2D eigenvalue weighted by molar-refractivity contribution is 6.05. The van der Waals surface area contributed by atoms with E-state index in [1.165, 1.54) is 12.3 Å². The van der Waals surface area contributed by atoms with Crippen LogP contribution in [0.1, 0.15) is 37.6 Å². The van der Waals surface area contributed by atoms with Gasteiger partial charge < -0.3 is 10.4 Å². The van der Waals surface area contributed by atoms with Crippen LogP contribution in [0, 0.1) is 11.7 Å². The number of halogens is 1. The average Bonchev–Trinajstić information content (AvgIpc) is 2.45. The molecule has 0 aliphatic rings. The maximum Gasteiger partial charge on any atom is 0.305 e. The summed E-state index contributed by atoms with van der Waals surface area (Å²) in [6.45, 7) is 5.31. The standard InChI is InChI=1S/C17H19FN2O3/c1-10(2)17(3,9-14(21)22)20-16(23)13-8-12(18)7-11-5-4-6-19-15(11)13/h4-8,10H,9H2,1-3H3,(H,20,23)(H,21,22). The van der Waals surface area contributed by atoms with Crippen molar-refractivity contribution in [2.24, 2.45) is 5.92 Å². The Morgan fingerprint density at radius 2 is 2.09 bits per heavy atom. The molecule has 2 aromatic rings. The van der Waals surface area contributed by atoms with Gasteiger partial charge in [0.2, 0.25) is 0 Å². The molecule has 0 radical (unpaired) electrons. The molecule has 0 saturated carbocycles. The molecule has 1 atom stereocenters. The lowest BCUT2D eigenvalue weighted by molar-refractivity contribution is -0.138. The molecule has 0 spiro atoms. The van der Waals surface area contributed by atoms with Crippen LogP contribution in [0.4, 0.5) is 4.39 Å². The van der Waals surface area contributed by atoms with Gasteiger partial charge >= 0.3 is 5.97 Å². The second kappa shape index (κ2) is 6.32. The predicted octanol–water partition coefficient (Wildman–Crippen LogP) is 2.99. The zero-order chi connectivity index (χ0) is 17.2. The molecule has 0 aliphatic carbocycles. The van der Waals surface area contributed by atoms with Crippen LogP contribution in [0.2, 0.25) is 0 Å². The minimum atomic E-state index is -1.01. The molecule has 1 aromatic heterocycles. The lowest BCUT2D eigenvalue weighted by Crippen LogP contribution is -2.51. The van der Waals surface area contributed by atoms with Gasteiger partial charge in [0, 0.05) is 11.6 Å². The number of fused-ring (bicyclic) bond motifs is 1. The minimum absolute atomic E-state index is 0.0952. The van der Waals surface area contributed by atoms with Crippen LogP contribution in [-0.2, 0) is 4.79 Å². The third kappa shape index (κ3) is 3.64. The highest BCUT2D eigenvalue weighted by Crippen LogP contribution is 2.24. The van der Waals surface area contributed by atoms with Crippen molar-refractivity contribution >= 4 is 22.8 Å². The van der Waals surface area contributed by atoms with E-state index in [1.807, 2.05) is 13.8 Å². The molecule has 122 valence electrons. The summed E-state index contributed by atoms with van der Waals surface area (Å²) in [4.78, 5) is 27.8. The number of nitrogens with zero attached hydrogens (tertiary/aromatic N) is 1. The molecular weight excluding hydrogens is 299 g/mol. The van der Waals surface area contributed by atoms with E-state index in [1.54, 1.807) is 19.1 Å². The highest BCUT2D eigenvalue weighted by atomic mass is 19.1. The molecule has 0 saturated heterocycles. The van der Waals surface area contributed by atoms with Gasteiger partial charge in [0.25, 0.3) is 5.91 Å². The van der Waals surface area contributed by atoms with Gasteiger partial charge in [0.15, 0.2) is 0 Å². The number of hydrogen-bond acceptors (Lipinski definition) is 3. The molecule has 1 unspecified atom stereocenters. The number of amides is 1. The van der Waals surface area contributed by atoms with Crippen LogP contribution in [0.3, 0.4) is 0 Å². The summed E-state index contributed by atoms with van der Waals surface area (Å²) < 4.78 is 13.8. The van der Waals surface area contributed by atoms with E-state index in [0.29, 0.717) is 10.9 Å². The summed E-state index contributed by atoms with van der Waals surface area (Å²) in [6.07, 6.45) is 1.30. The maximum atomic E-state index is 13.8. The average molecular weight is 318 g/mol. The second-order valence-electron chi connectivity index (χ2n) is 6.13. The van der Waals surface area contributed by atoms with Gasteiger partial charge in [-0.1, -0.05) is 19.9 Å². The number of carbonyl (C=O) groups excluding carboxylic acids is 1. The fourth-order valence-electron chi connectivity index (χ4n) is 2.36. The van der Waals surface area contributed by atoms with Crippen molar-refractivity contribution in [3.05, 3.63) is 41.8 Å². The zero-order valence-electron chi connectivity index (χ0n) is 13.3. The van der Waals surface area contributed by atoms with Crippen molar-refractivity contribution in [3.63, 3.8) is 0 Å². The third-order valence-corrected chi connectivity index (χ3v) is 4.11. The quantitative estimate of drug-likeness (QED) is 0.888. The van der Waals surface area contributed by atoms with Gasteiger partial charge in [0.1, 0.15) is 5.82 Å². The Morgan fingerprint density at radius 3 is 2.70 bits per heavy atom. The molecule has 0 aliphatic heterocycles. The van der Waals surface area contributed by atoms with Crippen LogP contribution in [0.25, 0.3) is 10.9 Å². The normalized spacial score (nSPS) is 13.8. The number of pyridine rings is 1. The summed E-state index contributed by atoms with van der Waals surface area (Å²) >= 11 is 0. The molecule has 0 bridgehead atoms. The van der Waals surface area contributed by atoms with Crippen LogP contribution in [-0.4, -0.2) is 27.5 Å². The summed E-state index contributed by atoms with van der Waals surface area (Å²) in [7, 11) is 0. The Morgan fingerprint density at radius 1 is 1.39 bits per heavy atom. The molecular formula is C17H19FN2O3. The molecule has 2 rings (SSSR count). The number of aromatic nitrogens is 1. The van der Waals surface area contributed by atoms with E-state index < -0.39 is 23.2 Å². The third-order valence-electron chi connectivity index (χ3n) is 4.11. The van der Waals surface area contributed by atoms with E-state index in [4.69, 9.17) is 5.11 Å². The Hall–Kier alpha value is -2.50. The fourth-order valence-corrected chi connectivity index (χ4v) is 2.36. The molecule has 1 amide bonds. The summed E-state index contributed by atoms with van der Waals surface area (Å²) in [6, 6.07) is 5.75. The predicted molar refractivity (Wildman–Crippen MR) is 84.7 cm³/mol. The van der Waals surface area contributed by atoms with Crippen LogP contribution >= 0.6 is 0 Å². The first-order valence-electron chi connectivity index (χ1n) is 7.31.